The Morgan fingerprint density at radius 3 is 2.77 bits per heavy atom. The van der Waals surface area contributed by atoms with Crippen LogP contribution < -0.4 is 5.32 Å². The summed E-state index contributed by atoms with van der Waals surface area (Å²) < 4.78 is 0. The second kappa shape index (κ2) is 3.87. The van der Waals surface area contributed by atoms with Crippen molar-refractivity contribution in [2.24, 2.45) is 0 Å². The van der Waals surface area contributed by atoms with Crippen LogP contribution in [0.25, 0.3) is 0 Å². The van der Waals surface area contributed by atoms with E-state index in [2.05, 4.69) is 20.3 Å². The summed E-state index contributed by atoms with van der Waals surface area (Å²) in [6, 6.07) is 0.512. The molecule has 1 fully saturated rings. The summed E-state index contributed by atoms with van der Waals surface area (Å²) in [6.45, 7) is 0. The first-order valence-corrected chi connectivity index (χ1v) is 4.83. The van der Waals surface area contributed by atoms with Crippen LogP contribution in [0.5, 0.6) is 0 Å². The molecule has 2 rings (SSSR count). The first-order valence-electron chi connectivity index (χ1n) is 4.45. The van der Waals surface area contributed by atoms with E-state index in [-0.39, 0.29) is 5.28 Å². The fourth-order valence-corrected chi connectivity index (χ4v) is 1.72. The Morgan fingerprint density at radius 2 is 2.08 bits per heavy atom. The zero-order valence-corrected chi connectivity index (χ0v) is 7.96. The predicted octanol–water partition coefficient (Wildman–Crippen LogP) is 1.88. The molecular formula is C8H11ClN4. The van der Waals surface area contributed by atoms with Gasteiger partial charge in [0.05, 0.1) is 0 Å². The van der Waals surface area contributed by atoms with Gasteiger partial charge in [-0.1, -0.05) is 12.8 Å². The van der Waals surface area contributed by atoms with E-state index >= 15 is 0 Å². The van der Waals surface area contributed by atoms with Crippen molar-refractivity contribution < 1.29 is 0 Å². The quantitative estimate of drug-likeness (QED) is 0.789. The molecule has 1 saturated carbocycles. The van der Waals surface area contributed by atoms with Gasteiger partial charge in [0.2, 0.25) is 11.2 Å². The molecule has 0 atom stereocenters. The molecule has 0 unspecified atom stereocenters. The lowest BCUT2D eigenvalue weighted by Gasteiger charge is -2.10. The molecule has 0 bridgehead atoms. The maximum atomic E-state index is 5.63. The van der Waals surface area contributed by atoms with Crippen LogP contribution in [0.15, 0.2) is 6.33 Å². The molecule has 0 aliphatic heterocycles. The maximum Gasteiger partial charge on any atom is 0.227 e. The van der Waals surface area contributed by atoms with Gasteiger partial charge < -0.3 is 5.32 Å². The van der Waals surface area contributed by atoms with Crippen molar-refractivity contribution in [1.29, 1.82) is 0 Å². The highest BCUT2D eigenvalue weighted by atomic mass is 35.5. The molecular weight excluding hydrogens is 188 g/mol. The third-order valence-electron chi connectivity index (χ3n) is 2.23. The van der Waals surface area contributed by atoms with Gasteiger partial charge in [0.25, 0.3) is 0 Å². The number of rotatable bonds is 2. The minimum atomic E-state index is 0.246. The monoisotopic (exact) mass is 198 g/mol. The van der Waals surface area contributed by atoms with Gasteiger partial charge in [0.1, 0.15) is 6.33 Å². The summed E-state index contributed by atoms with van der Waals surface area (Å²) >= 11 is 5.63. The molecule has 4 nitrogen and oxygen atoms in total. The minimum absolute atomic E-state index is 0.246. The Labute approximate surface area is 81.8 Å². The third-order valence-corrected chi connectivity index (χ3v) is 2.41. The summed E-state index contributed by atoms with van der Waals surface area (Å²) in [5, 5.41) is 3.48. The van der Waals surface area contributed by atoms with Gasteiger partial charge >= 0.3 is 0 Å². The number of hydrogen-bond donors (Lipinski definition) is 1. The third kappa shape index (κ3) is 2.28. The van der Waals surface area contributed by atoms with E-state index in [0.717, 1.165) is 0 Å². The standard InChI is InChI=1S/C8H11ClN4/c9-7-10-5-11-8(13-7)12-6-3-1-2-4-6/h5-6H,1-4H2,(H,10,11,12,13). The smallest absolute Gasteiger partial charge is 0.227 e. The Hall–Kier alpha value is -0.900. The molecule has 0 saturated heterocycles. The summed E-state index contributed by atoms with van der Waals surface area (Å²) in [5.74, 6) is 0.590. The summed E-state index contributed by atoms with van der Waals surface area (Å²) in [4.78, 5) is 11.7. The van der Waals surface area contributed by atoms with E-state index in [1.807, 2.05) is 0 Å². The van der Waals surface area contributed by atoms with Gasteiger partial charge in [-0.25, -0.2) is 9.97 Å². The van der Waals surface area contributed by atoms with E-state index in [0.29, 0.717) is 12.0 Å². The molecule has 70 valence electrons. The maximum absolute atomic E-state index is 5.63. The summed E-state index contributed by atoms with van der Waals surface area (Å²) in [7, 11) is 0. The molecule has 1 aliphatic rings. The molecule has 1 aromatic rings. The molecule has 0 amide bonds. The predicted molar refractivity (Wildman–Crippen MR) is 50.7 cm³/mol. The van der Waals surface area contributed by atoms with Gasteiger partial charge in [0, 0.05) is 6.04 Å². The van der Waals surface area contributed by atoms with Crippen LogP contribution in [0.4, 0.5) is 5.95 Å². The molecule has 0 radical (unpaired) electrons. The number of hydrogen-bond acceptors (Lipinski definition) is 4. The molecule has 1 heterocycles. The second-order valence-electron chi connectivity index (χ2n) is 3.20. The van der Waals surface area contributed by atoms with E-state index in [4.69, 9.17) is 11.6 Å². The number of anilines is 1. The minimum Gasteiger partial charge on any atom is -0.351 e. The van der Waals surface area contributed by atoms with Gasteiger partial charge in [0.15, 0.2) is 0 Å². The SMILES string of the molecule is Clc1ncnc(NC2CCCC2)n1. The molecule has 0 spiro atoms. The second-order valence-corrected chi connectivity index (χ2v) is 3.54. The van der Waals surface area contributed by atoms with Crippen LogP contribution >= 0.6 is 11.6 Å². The van der Waals surface area contributed by atoms with Crippen LogP contribution in [0, 0.1) is 0 Å². The molecule has 1 N–H and O–H groups in total. The van der Waals surface area contributed by atoms with E-state index in [1.54, 1.807) is 0 Å². The lowest BCUT2D eigenvalue weighted by molar-refractivity contribution is 0.742. The van der Waals surface area contributed by atoms with Gasteiger partial charge in [-0.3, -0.25) is 0 Å². The van der Waals surface area contributed by atoms with Crippen LogP contribution in [0.3, 0.4) is 0 Å². The fourth-order valence-electron chi connectivity index (χ4n) is 1.60. The zero-order valence-electron chi connectivity index (χ0n) is 7.20. The Kier molecular flexibility index (Phi) is 2.59. The Morgan fingerprint density at radius 1 is 1.31 bits per heavy atom. The Bertz CT molecular complexity index is 285. The Balaban J connectivity index is 2.00. The van der Waals surface area contributed by atoms with Crippen LogP contribution in [0.1, 0.15) is 25.7 Å². The van der Waals surface area contributed by atoms with Crippen molar-refractivity contribution in [1.82, 2.24) is 15.0 Å². The topological polar surface area (TPSA) is 50.7 Å². The highest BCUT2D eigenvalue weighted by Crippen LogP contribution is 2.20. The number of nitrogens with one attached hydrogen (secondary N) is 1. The largest absolute Gasteiger partial charge is 0.351 e. The van der Waals surface area contributed by atoms with Gasteiger partial charge in [-0.05, 0) is 24.4 Å². The van der Waals surface area contributed by atoms with Crippen molar-refractivity contribution in [2.45, 2.75) is 31.7 Å². The number of halogens is 1. The van der Waals surface area contributed by atoms with Crippen molar-refractivity contribution >= 4 is 17.5 Å². The summed E-state index contributed by atoms with van der Waals surface area (Å²) in [6.07, 6.45) is 6.40. The fraction of sp³-hybridized carbons (Fsp3) is 0.625. The molecule has 5 heteroatoms. The lowest BCUT2D eigenvalue weighted by Crippen LogP contribution is -2.16. The highest BCUT2D eigenvalue weighted by Gasteiger charge is 2.15. The first kappa shape index (κ1) is 8.69. The molecule has 1 aromatic heterocycles. The van der Waals surface area contributed by atoms with Crippen LogP contribution in [-0.2, 0) is 0 Å². The first-order chi connectivity index (χ1) is 6.34. The van der Waals surface area contributed by atoms with Crippen LogP contribution in [-0.4, -0.2) is 21.0 Å². The average Bonchev–Trinajstić information content (AvgIpc) is 2.57. The zero-order chi connectivity index (χ0) is 9.10. The van der Waals surface area contributed by atoms with E-state index < -0.39 is 0 Å². The molecule has 13 heavy (non-hydrogen) atoms. The molecule has 1 aliphatic carbocycles. The van der Waals surface area contributed by atoms with Crippen molar-refractivity contribution in [2.75, 3.05) is 5.32 Å². The van der Waals surface area contributed by atoms with Crippen molar-refractivity contribution in [3.63, 3.8) is 0 Å². The van der Waals surface area contributed by atoms with Gasteiger partial charge in [-0.15, -0.1) is 0 Å². The number of nitrogens with zero attached hydrogens (tertiary/aromatic N) is 3. The summed E-state index contributed by atoms with van der Waals surface area (Å²) in [5.41, 5.74) is 0. The normalized spacial score (nSPS) is 17.6. The van der Waals surface area contributed by atoms with Crippen LogP contribution in [0.2, 0.25) is 5.28 Å². The number of aromatic nitrogens is 3. The van der Waals surface area contributed by atoms with Crippen molar-refractivity contribution in [3.05, 3.63) is 11.6 Å². The van der Waals surface area contributed by atoms with Crippen molar-refractivity contribution in [3.8, 4) is 0 Å². The lowest BCUT2D eigenvalue weighted by atomic mass is 10.3. The highest BCUT2D eigenvalue weighted by molar-refractivity contribution is 6.28. The average molecular weight is 199 g/mol. The van der Waals surface area contributed by atoms with Gasteiger partial charge in [-0.2, -0.15) is 4.98 Å². The van der Waals surface area contributed by atoms with E-state index in [1.165, 1.54) is 32.0 Å². The molecule has 0 aromatic carbocycles. The van der Waals surface area contributed by atoms with E-state index in [9.17, 15) is 0 Å².